The van der Waals surface area contributed by atoms with E-state index in [1.165, 1.54) is 11.8 Å². The molecule has 3 atom stereocenters. The normalized spacial score (nSPS) is 15.1. The van der Waals surface area contributed by atoms with Gasteiger partial charge in [-0.25, -0.2) is 0 Å². The molecule has 0 rings (SSSR count). The number of hydrogen-bond acceptors (Lipinski definition) is 6. The maximum Gasteiger partial charge on any atom is 0.321 e. The first-order valence-corrected chi connectivity index (χ1v) is 11.7. The number of hydrogen-bond donors (Lipinski definition) is 5. The number of rotatable bonds is 19. The molecule has 8 nitrogen and oxygen atoms in total. The van der Waals surface area contributed by atoms with Gasteiger partial charge in [0.2, 0.25) is 0 Å². The molecule has 0 unspecified atom stereocenters. The monoisotopic (exact) mass is 469 g/mol. The fraction of sp³-hybridized carbons (Fsp3) is 0.522. The molecule has 0 fully saturated rings. The van der Waals surface area contributed by atoms with Gasteiger partial charge in [0.25, 0.3) is 0 Å². The molecule has 0 aliphatic heterocycles. The second-order valence-corrected chi connectivity index (χ2v) is 8.35. The van der Waals surface area contributed by atoms with Crippen LogP contribution < -0.4 is 5.73 Å². The molecule has 0 aromatic heterocycles. The second kappa shape index (κ2) is 19.3. The van der Waals surface area contributed by atoms with Crippen molar-refractivity contribution in [3.63, 3.8) is 0 Å². The lowest BCUT2D eigenvalue weighted by Gasteiger charge is -2.20. The lowest BCUT2D eigenvalue weighted by Crippen LogP contribution is -2.34. The van der Waals surface area contributed by atoms with Crippen LogP contribution in [0, 0.1) is 0 Å². The summed E-state index contributed by atoms with van der Waals surface area (Å²) in [6, 6.07) is -1.04. The van der Waals surface area contributed by atoms with Crippen LogP contribution in [-0.2, 0) is 14.4 Å². The number of aliphatic hydroxyl groups is 1. The van der Waals surface area contributed by atoms with Crippen LogP contribution in [0.15, 0.2) is 48.6 Å². The van der Waals surface area contributed by atoms with E-state index >= 15 is 0 Å². The number of aliphatic carboxylic acids is 3. The molecule has 6 N–H and O–H groups in total. The van der Waals surface area contributed by atoms with Crippen molar-refractivity contribution in [1.29, 1.82) is 0 Å². The summed E-state index contributed by atoms with van der Waals surface area (Å²) >= 11 is 1.23. The van der Waals surface area contributed by atoms with Crippen molar-refractivity contribution in [3.8, 4) is 0 Å². The van der Waals surface area contributed by atoms with Crippen LogP contribution in [0.4, 0.5) is 0 Å². The molecular formula is C23H35NO7S. The number of carboxylic acid groups (broad SMARTS) is 3. The van der Waals surface area contributed by atoms with Crippen LogP contribution >= 0.6 is 11.8 Å². The molecule has 0 saturated heterocycles. The van der Waals surface area contributed by atoms with Crippen molar-refractivity contribution >= 4 is 29.7 Å². The van der Waals surface area contributed by atoms with Crippen LogP contribution in [0.25, 0.3) is 0 Å². The first-order valence-electron chi connectivity index (χ1n) is 10.6. The highest BCUT2D eigenvalue weighted by Gasteiger charge is 2.20. The Kier molecular flexibility index (Phi) is 17.9. The summed E-state index contributed by atoms with van der Waals surface area (Å²) in [4.78, 5) is 31.9. The Morgan fingerprint density at radius 1 is 0.844 bits per heavy atom. The lowest BCUT2D eigenvalue weighted by atomic mass is 10.1. The third-order valence-electron chi connectivity index (χ3n) is 4.28. The summed E-state index contributed by atoms with van der Waals surface area (Å²) in [5.41, 5.74) is 5.53. The van der Waals surface area contributed by atoms with Gasteiger partial charge in [0.15, 0.2) is 0 Å². The van der Waals surface area contributed by atoms with Crippen molar-refractivity contribution in [2.24, 2.45) is 5.73 Å². The first-order chi connectivity index (χ1) is 15.2. The van der Waals surface area contributed by atoms with Crippen LogP contribution in [0.3, 0.4) is 0 Å². The molecule has 0 aliphatic rings. The summed E-state index contributed by atoms with van der Waals surface area (Å²) in [7, 11) is 0. The van der Waals surface area contributed by atoms with E-state index in [-0.39, 0.29) is 18.6 Å². The summed E-state index contributed by atoms with van der Waals surface area (Å²) in [5.74, 6) is -2.67. The second-order valence-electron chi connectivity index (χ2n) is 7.14. The van der Waals surface area contributed by atoms with Crippen molar-refractivity contribution in [1.82, 2.24) is 0 Å². The van der Waals surface area contributed by atoms with Crippen LogP contribution in [-0.4, -0.2) is 61.5 Å². The standard InChI is InChI=1S/C23H35NO7S/c24-18(23(30)31)17-32-20(19(25)13-12-16-22(28)29)14-10-8-6-4-2-1-3-5-7-9-11-15-21(26)27/h2-6,8,10,14,18-20,25H,1,7,9,11-13,15-17,24H2,(H,26,27)(H,28,29)(H,30,31)/b4-2-,5-3-,8-6+,14-10+/t18-,19+,20-/m1/s1. The lowest BCUT2D eigenvalue weighted by molar-refractivity contribution is -0.138. The summed E-state index contributed by atoms with van der Waals surface area (Å²) < 4.78 is 0. The van der Waals surface area contributed by atoms with E-state index in [4.69, 9.17) is 21.1 Å². The Balaban J connectivity index is 4.44. The zero-order valence-electron chi connectivity index (χ0n) is 18.2. The molecule has 0 saturated carbocycles. The molecule has 0 aromatic rings. The van der Waals surface area contributed by atoms with Gasteiger partial charge >= 0.3 is 17.9 Å². The largest absolute Gasteiger partial charge is 0.481 e. The van der Waals surface area contributed by atoms with Crippen molar-refractivity contribution in [2.75, 3.05) is 5.75 Å². The first kappa shape index (κ1) is 29.6. The molecule has 0 bridgehead atoms. The van der Waals surface area contributed by atoms with Gasteiger partial charge in [0, 0.05) is 23.8 Å². The van der Waals surface area contributed by atoms with Crippen LogP contribution in [0.5, 0.6) is 0 Å². The van der Waals surface area contributed by atoms with E-state index < -0.39 is 35.3 Å². The van der Waals surface area contributed by atoms with Crippen LogP contribution in [0.2, 0.25) is 0 Å². The average Bonchev–Trinajstić information content (AvgIpc) is 2.72. The summed E-state index contributed by atoms with van der Waals surface area (Å²) in [6.45, 7) is 0. The number of unbranched alkanes of at least 4 members (excludes halogenated alkanes) is 2. The Hall–Kier alpha value is -2.36. The molecule has 0 aromatic carbocycles. The van der Waals surface area contributed by atoms with Gasteiger partial charge < -0.3 is 26.2 Å². The predicted molar refractivity (Wildman–Crippen MR) is 127 cm³/mol. The Labute approximate surface area is 193 Å². The Morgan fingerprint density at radius 3 is 2.16 bits per heavy atom. The predicted octanol–water partition coefficient (Wildman–Crippen LogP) is 3.38. The molecule has 0 heterocycles. The van der Waals surface area contributed by atoms with Gasteiger partial charge in [-0.3, -0.25) is 14.4 Å². The summed E-state index contributed by atoms with van der Waals surface area (Å²) in [5, 5.41) is 36.1. The van der Waals surface area contributed by atoms with E-state index in [1.807, 2.05) is 30.4 Å². The molecule has 0 amide bonds. The van der Waals surface area contributed by atoms with Gasteiger partial charge in [0.05, 0.1) is 6.10 Å². The van der Waals surface area contributed by atoms with Gasteiger partial charge in [-0.05, 0) is 38.5 Å². The highest BCUT2D eigenvalue weighted by atomic mass is 32.2. The molecule has 0 radical (unpaired) electrons. The molecule has 0 spiro atoms. The van der Waals surface area contributed by atoms with E-state index in [2.05, 4.69) is 0 Å². The molecule has 180 valence electrons. The maximum atomic E-state index is 10.9. The molecule has 0 aliphatic carbocycles. The number of nitrogens with two attached hydrogens (primary N) is 1. The van der Waals surface area contributed by atoms with E-state index in [9.17, 15) is 19.5 Å². The Morgan fingerprint density at radius 2 is 1.50 bits per heavy atom. The summed E-state index contributed by atoms with van der Waals surface area (Å²) in [6.07, 6.45) is 18.2. The third-order valence-corrected chi connectivity index (χ3v) is 5.68. The average molecular weight is 470 g/mol. The van der Waals surface area contributed by atoms with Crippen molar-refractivity contribution in [3.05, 3.63) is 48.6 Å². The fourth-order valence-corrected chi connectivity index (χ4v) is 3.63. The Bertz CT molecular complexity index is 673. The zero-order valence-corrected chi connectivity index (χ0v) is 19.0. The minimum absolute atomic E-state index is 0.0335. The minimum atomic E-state index is -1.11. The number of aliphatic hydroxyl groups excluding tert-OH is 1. The number of allylic oxidation sites excluding steroid dienone is 7. The van der Waals surface area contributed by atoms with Gasteiger partial charge in [-0.1, -0.05) is 48.6 Å². The SMILES string of the molecule is N[C@H](CS[C@H](/C=C/C=C/C=C\C/C=C\CCCCC(=O)O)[C@@H](O)CCCC(=O)O)C(=O)O. The highest BCUT2D eigenvalue weighted by Crippen LogP contribution is 2.21. The third kappa shape index (κ3) is 18.4. The zero-order chi connectivity index (χ0) is 24.2. The van der Waals surface area contributed by atoms with Gasteiger partial charge in [0.1, 0.15) is 6.04 Å². The minimum Gasteiger partial charge on any atom is -0.481 e. The van der Waals surface area contributed by atoms with E-state index in [1.54, 1.807) is 18.2 Å². The van der Waals surface area contributed by atoms with E-state index in [0.29, 0.717) is 19.3 Å². The fourth-order valence-electron chi connectivity index (χ4n) is 2.50. The maximum absolute atomic E-state index is 10.9. The molecule has 32 heavy (non-hydrogen) atoms. The topological polar surface area (TPSA) is 158 Å². The van der Waals surface area contributed by atoms with Gasteiger partial charge in [-0.15, -0.1) is 11.8 Å². The van der Waals surface area contributed by atoms with E-state index in [0.717, 1.165) is 19.3 Å². The van der Waals surface area contributed by atoms with Crippen LogP contribution in [0.1, 0.15) is 51.4 Å². The highest BCUT2D eigenvalue weighted by molar-refractivity contribution is 8.00. The quantitative estimate of drug-likeness (QED) is 0.109. The van der Waals surface area contributed by atoms with Crippen molar-refractivity contribution in [2.45, 2.75) is 68.8 Å². The van der Waals surface area contributed by atoms with Crippen molar-refractivity contribution < 1.29 is 34.8 Å². The van der Waals surface area contributed by atoms with Gasteiger partial charge in [-0.2, -0.15) is 0 Å². The smallest absolute Gasteiger partial charge is 0.321 e. The molecule has 9 heteroatoms. The number of carboxylic acids is 3. The number of carbonyl (C=O) groups is 3. The molecular weight excluding hydrogens is 434 g/mol. The number of thioether (sulfide) groups is 1.